The van der Waals surface area contributed by atoms with Crippen LogP contribution in [0.2, 0.25) is 0 Å². The summed E-state index contributed by atoms with van der Waals surface area (Å²) in [5.41, 5.74) is 2.81. The summed E-state index contributed by atoms with van der Waals surface area (Å²) in [6.07, 6.45) is 3.94. The zero-order valence-corrected chi connectivity index (χ0v) is 20.1. The van der Waals surface area contributed by atoms with Gasteiger partial charge in [0.2, 0.25) is 0 Å². The average Bonchev–Trinajstić information content (AvgIpc) is 2.78. The van der Waals surface area contributed by atoms with E-state index in [0.717, 1.165) is 67.3 Å². The molecule has 178 valence electrons. The quantitative estimate of drug-likeness (QED) is 0.731. The lowest BCUT2D eigenvalue weighted by Crippen LogP contribution is -2.44. The van der Waals surface area contributed by atoms with E-state index in [-0.39, 0.29) is 11.6 Å². The number of halogens is 2. The van der Waals surface area contributed by atoms with Crippen molar-refractivity contribution in [2.45, 2.75) is 71.9 Å². The number of benzene rings is 1. The summed E-state index contributed by atoms with van der Waals surface area (Å²) in [5, 5.41) is 9.07. The van der Waals surface area contributed by atoms with Crippen molar-refractivity contribution >= 4 is 17.6 Å². The molecular weight excluding hydrogens is 420 g/mol. The summed E-state index contributed by atoms with van der Waals surface area (Å²) in [7, 11) is 0. The van der Waals surface area contributed by atoms with E-state index in [4.69, 9.17) is 9.97 Å². The number of aromatic nitrogens is 2. The van der Waals surface area contributed by atoms with Gasteiger partial charge in [0.15, 0.2) is 0 Å². The first kappa shape index (κ1) is 23.6. The third kappa shape index (κ3) is 5.35. The van der Waals surface area contributed by atoms with Crippen LogP contribution in [0.1, 0.15) is 74.5 Å². The number of rotatable bonds is 4. The molecule has 7 heteroatoms. The summed E-state index contributed by atoms with van der Waals surface area (Å²) in [5.74, 6) is 1.44. The largest absolute Gasteiger partial charge is 0.387 e. The lowest BCUT2D eigenvalue weighted by Gasteiger charge is -2.32. The highest BCUT2D eigenvalue weighted by Gasteiger charge is 2.20. The second kappa shape index (κ2) is 10.2. The van der Waals surface area contributed by atoms with E-state index in [9.17, 15) is 8.78 Å². The molecule has 0 aliphatic carbocycles. The number of nitrogens with one attached hydrogen (secondary N) is 2. The Labute approximate surface area is 195 Å². The average molecular weight is 456 g/mol. The minimum Gasteiger partial charge on any atom is -0.387 e. The molecule has 0 radical (unpaired) electrons. The fourth-order valence-corrected chi connectivity index (χ4v) is 5.02. The van der Waals surface area contributed by atoms with Gasteiger partial charge in [-0.1, -0.05) is 18.2 Å². The van der Waals surface area contributed by atoms with Gasteiger partial charge in [-0.15, -0.1) is 0 Å². The highest BCUT2D eigenvalue weighted by atomic mass is 19.3. The van der Waals surface area contributed by atoms with Gasteiger partial charge in [0.25, 0.3) is 6.43 Å². The van der Waals surface area contributed by atoms with Crippen LogP contribution in [-0.2, 0) is 0 Å². The zero-order chi connectivity index (χ0) is 23.5. The molecule has 5 rings (SSSR count). The summed E-state index contributed by atoms with van der Waals surface area (Å²) in [6.45, 7) is 11.2. The fourth-order valence-electron chi connectivity index (χ4n) is 5.02. The molecule has 2 N–H and O–H groups in total. The van der Waals surface area contributed by atoms with Gasteiger partial charge in [-0.25, -0.2) is 18.7 Å². The van der Waals surface area contributed by atoms with Crippen LogP contribution in [0.3, 0.4) is 0 Å². The van der Waals surface area contributed by atoms with Gasteiger partial charge in [-0.05, 0) is 76.6 Å². The number of hydrogen-bond acceptors (Lipinski definition) is 5. The van der Waals surface area contributed by atoms with E-state index in [2.05, 4.69) is 28.7 Å². The SMILES string of the molecule is C/C1=c2\nc(C)nc(NC(C)c3cccc(C(F)F)c3C)\c2=C\NC2CCN(CCC1)CC2. The predicted molar refractivity (Wildman–Crippen MR) is 130 cm³/mol. The number of aryl methyl sites for hydroxylation is 1. The molecule has 0 saturated carbocycles. The van der Waals surface area contributed by atoms with E-state index in [1.165, 1.54) is 11.6 Å². The molecule has 1 fully saturated rings. The van der Waals surface area contributed by atoms with Crippen LogP contribution in [0.4, 0.5) is 14.6 Å². The van der Waals surface area contributed by atoms with Crippen molar-refractivity contribution in [3.63, 3.8) is 0 Å². The molecule has 2 bridgehead atoms. The molecule has 1 atom stereocenters. The van der Waals surface area contributed by atoms with Crippen molar-refractivity contribution in [2.75, 3.05) is 25.0 Å². The van der Waals surface area contributed by atoms with Crippen molar-refractivity contribution < 1.29 is 8.78 Å². The Morgan fingerprint density at radius 1 is 1.06 bits per heavy atom. The number of piperidine rings is 1. The number of alkyl halides is 2. The van der Waals surface area contributed by atoms with Crippen molar-refractivity contribution in [1.82, 2.24) is 20.2 Å². The van der Waals surface area contributed by atoms with Crippen LogP contribution in [0, 0.1) is 13.8 Å². The Morgan fingerprint density at radius 2 is 1.79 bits per heavy atom. The molecular formula is C26H35F2N5. The highest BCUT2D eigenvalue weighted by molar-refractivity contribution is 5.50. The maximum Gasteiger partial charge on any atom is 0.264 e. The van der Waals surface area contributed by atoms with Gasteiger partial charge in [-0.3, -0.25) is 0 Å². The number of hydrogen-bond donors (Lipinski definition) is 2. The second-order valence-corrected chi connectivity index (χ2v) is 9.42. The third-order valence-electron chi connectivity index (χ3n) is 7.01. The molecule has 5 nitrogen and oxygen atoms in total. The van der Waals surface area contributed by atoms with Gasteiger partial charge in [0.05, 0.1) is 16.6 Å². The summed E-state index contributed by atoms with van der Waals surface area (Å²) >= 11 is 0. The van der Waals surface area contributed by atoms with Crippen LogP contribution in [-0.4, -0.2) is 40.5 Å². The van der Waals surface area contributed by atoms with Gasteiger partial charge in [-0.2, -0.15) is 0 Å². The van der Waals surface area contributed by atoms with Gasteiger partial charge in [0, 0.05) is 30.9 Å². The van der Waals surface area contributed by atoms with Crippen LogP contribution in [0.5, 0.6) is 0 Å². The number of anilines is 1. The first-order valence-corrected chi connectivity index (χ1v) is 12.0. The molecule has 0 amide bonds. The van der Waals surface area contributed by atoms with Crippen molar-refractivity contribution in [2.24, 2.45) is 0 Å². The van der Waals surface area contributed by atoms with E-state index in [1.54, 1.807) is 13.0 Å². The Bertz CT molecular complexity index is 1110. The maximum atomic E-state index is 13.4. The minimum absolute atomic E-state index is 0.0825. The predicted octanol–water partition coefficient (Wildman–Crippen LogP) is 3.96. The summed E-state index contributed by atoms with van der Waals surface area (Å²) < 4.78 is 26.9. The molecule has 3 aliphatic heterocycles. The van der Waals surface area contributed by atoms with Gasteiger partial charge in [0.1, 0.15) is 11.6 Å². The minimum atomic E-state index is -2.49. The van der Waals surface area contributed by atoms with E-state index < -0.39 is 6.43 Å². The molecule has 33 heavy (non-hydrogen) atoms. The van der Waals surface area contributed by atoms with Crippen molar-refractivity contribution in [3.05, 3.63) is 51.3 Å². The summed E-state index contributed by atoms with van der Waals surface area (Å²) in [6, 6.07) is 5.37. The molecule has 0 spiro atoms. The first-order valence-electron chi connectivity index (χ1n) is 12.0. The smallest absolute Gasteiger partial charge is 0.264 e. The van der Waals surface area contributed by atoms with Crippen molar-refractivity contribution in [3.8, 4) is 0 Å². The Hall–Kier alpha value is -2.54. The topological polar surface area (TPSA) is 53.1 Å². The standard InChI is InChI=1S/C26H35F2N5/c1-16-7-6-12-33-13-10-20(11-14-33)29-15-23-24(16)31-19(4)32-26(23)30-18(3)21-8-5-9-22(17(21)2)25(27)28/h5,8-9,15,18,20,25,29H,6-7,10-14H2,1-4H3,(H,30,31,32)/b23-15+,24-16+. The highest BCUT2D eigenvalue weighted by Crippen LogP contribution is 2.28. The second-order valence-electron chi connectivity index (χ2n) is 9.42. The van der Waals surface area contributed by atoms with Crippen LogP contribution in [0.25, 0.3) is 11.8 Å². The fraction of sp³-hybridized carbons (Fsp3) is 0.538. The first-order chi connectivity index (χ1) is 15.8. The molecule has 1 saturated heterocycles. The Kier molecular flexibility index (Phi) is 7.27. The molecule has 4 heterocycles. The van der Waals surface area contributed by atoms with E-state index in [0.29, 0.717) is 17.4 Å². The molecule has 1 aromatic carbocycles. The summed E-state index contributed by atoms with van der Waals surface area (Å²) in [4.78, 5) is 12.1. The van der Waals surface area contributed by atoms with Gasteiger partial charge < -0.3 is 15.5 Å². The Balaban J connectivity index is 1.76. The molecule has 1 aromatic heterocycles. The van der Waals surface area contributed by atoms with Crippen LogP contribution < -0.4 is 21.2 Å². The van der Waals surface area contributed by atoms with Crippen molar-refractivity contribution in [1.29, 1.82) is 0 Å². The van der Waals surface area contributed by atoms with Gasteiger partial charge >= 0.3 is 0 Å². The molecule has 1 unspecified atom stereocenters. The molecule has 3 aliphatic rings. The lowest BCUT2D eigenvalue weighted by molar-refractivity contribution is 0.150. The number of nitrogens with zero attached hydrogens (tertiary/aromatic N) is 3. The number of fused-ring (bicyclic) bond motifs is 6. The van der Waals surface area contributed by atoms with E-state index >= 15 is 0 Å². The zero-order valence-electron chi connectivity index (χ0n) is 20.1. The van der Waals surface area contributed by atoms with Crippen LogP contribution >= 0.6 is 0 Å². The molecule has 2 aromatic rings. The van der Waals surface area contributed by atoms with E-state index in [1.807, 2.05) is 19.9 Å². The monoisotopic (exact) mass is 455 g/mol. The normalized spacial score (nSPS) is 24.6. The lowest BCUT2D eigenvalue weighted by atomic mass is 9.97. The third-order valence-corrected chi connectivity index (χ3v) is 7.01. The maximum absolute atomic E-state index is 13.4. The Morgan fingerprint density at radius 3 is 2.52 bits per heavy atom. The van der Waals surface area contributed by atoms with Crippen LogP contribution in [0.15, 0.2) is 18.2 Å².